The Labute approximate surface area is 121 Å². The molecule has 5 heteroatoms. The number of aromatic nitrogens is 2. The van der Waals surface area contributed by atoms with E-state index in [0.29, 0.717) is 36.2 Å². The van der Waals surface area contributed by atoms with E-state index >= 15 is 0 Å². The van der Waals surface area contributed by atoms with Crippen molar-refractivity contribution in [2.45, 2.75) is 26.2 Å². The maximum Gasteiger partial charge on any atom is 0.306 e. The minimum absolute atomic E-state index is 0.278. The van der Waals surface area contributed by atoms with Gasteiger partial charge in [0.15, 0.2) is 5.82 Å². The minimum atomic E-state index is -0.773. The maximum atomic E-state index is 13.6. The van der Waals surface area contributed by atoms with E-state index in [4.69, 9.17) is 5.11 Å². The molecule has 1 aromatic carbocycles. The van der Waals surface area contributed by atoms with Crippen molar-refractivity contribution in [1.29, 1.82) is 0 Å². The van der Waals surface area contributed by atoms with Crippen LogP contribution in [0.2, 0.25) is 0 Å². The van der Waals surface area contributed by atoms with E-state index in [1.165, 1.54) is 6.07 Å². The molecular formula is C16H15FN2O2. The summed E-state index contributed by atoms with van der Waals surface area (Å²) in [6, 6.07) is 4.93. The van der Waals surface area contributed by atoms with Crippen LogP contribution in [0.3, 0.4) is 0 Å². The first-order valence-electron chi connectivity index (χ1n) is 6.88. The van der Waals surface area contributed by atoms with Crippen molar-refractivity contribution < 1.29 is 14.3 Å². The number of aryl methyl sites for hydroxylation is 2. The van der Waals surface area contributed by atoms with Crippen LogP contribution in [0.25, 0.3) is 11.4 Å². The van der Waals surface area contributed by atoms with E-state index in [0.717, 1.165) is 11.3 Å². The second kappa shape index (κ2) is 5.24. The molecule has 0 fully saturated rings. The van der Waals surface area contributed by atoms with Crippen LogP contribution in [0.4, 0.5) is 4.39 Å². The van der Waals surface area contributed by atoms with Crippen molar-refractivity contribution in [1.82, 2.24) is 9.97 Å². The van der Waals surface area contributed by atoms with Crippen LogP contribution in [0.5, 0.6) is 0 Å². The van der Waals surface area contributed by atoms with Crippen molar-refractivity contribution in [2.24, 2.45) is 5.92 Å². The van der Waals surface area contributed by atoms with E-state index < -0.39 is 5.97 Å². The molecule has 1 N–H and O–H groups in total. The maximum absolute atomic E-state index is 13.6. The molecule has 0 radical (unpaired) electrons. The Kier molecular flexibility index (Phi) is 3.41. The normalized spacial score (nSPS) is 17.3. The summed E-state index contributed by atoms with van der Waals surface area (Å²) in [6.07, 6.45) is 3.34. The number of rotatable bonds is 2. The van der Waals surface area contributed by atoms with Crippen LogP contribution >= 0.6 is 0 Å². The molecule has 1 heterocycles. The number of hydrogen-bond acceptors (Lipinski definition) is 3. The summed E-state index contributed by atoms with van der Waals surface area (Å²) in [5.74, 6) is -0.921. The van der Waals surface area contributed by atoms with Crippen molar-refractivity contribution in [3.63, 3.8) is 0 Å². The van der Waals surface area contributed by atoms with Gasteiger partial charge < -0.3 is 5.11 Å². The first-order chi connectivity index (χ1) is 10.0. The number of fused-ring (bicyclic) bond motifs is 1. The number of carboxylic acids is 1. The zero-order chi connectivity index (χ0) is 15.0. The third-order valence-electron chi connectivity index (χ3n) is 3.93. The number of aliphatic carboxylic acids is 1. The fraction of sp³-hybridized carbons (Fsp3) is 0.312. The zero-order valence-electron chi connectivity index (χ0n) is 11.6. The molecule has 21 heavy (non-hydrogen) atoms. The molecule has 1 aromatic heterocycles. The van der Waals surface area contributed by atoms with Gasteiger partial charge in [0, 0.05) is 17.5 Å². The summed E-state index contributed by atoms with van der Waals surface area (Å²) in [7, 11) is 0. The number of hydrogen-bond donors (Lipinski definition) is 1. The highest BCUT2D eigenvalue weighted by Gasteiger charge is 2.25. The molecule has 3 rings (SSSR count). The molecule has 0 aliphatic heterocycles. The Morgan fingerprint density at radius 1 is 1.43 bits per heavy atom. The van der Waals surface area contributed by atoms with Crippen molar-refractivity contribution in [3.8, 4) is 11.4 Å². The van der Waals surface area contributed by atoms with E-state index in [-0.39, 0.29) is 11.7 Å². The lowest BCUT2D eigenvalue weighted by Gasteiger charge is -2.20. The van der Waals surface area contributed by atoms with Crippen LogP contribution in [-0.2, 0) is 17.6 Å². The highest BCUT2D eigenvalue weighted by Crippen LogP contribution is 2.26. The summed E-state index contributed by atoms with van der Waals surface area (Å²) in [4.78, 5) is 19.8. The molecule has 1 atom stereocenters. The van der Waals surface area contributed by atoms with E-state index in [2.05, 4.69) is 9.97 Å². The number of nitrogens with zero attached hydrogens (tertiary/aromatic N) is 2. The molecule has 0 spiro atoms. The SMILES string of the molecule is Cc1ccc(-c2ncc3c(n2)CCC(C(=O)O)C3)cc1F. The Balaban J connectivity index is 1.93. The highest BCUT2D eigenvalue weighted by molar-refractivity contribution is 5.71. The fourth-order valence-electron chi connectivity index (χ4n) is 2.59. The number of halogens is 1. The smallest absolute Gasteiger partial charge is 0.306 e. The van der Waals surface area contributed by atoms with Gasteiger partial charge in [0.25, 0.3) is 0 Å². The summed E-state index contributed by atoms with van der Waals surface area (Å²) in [5, 5.41) is 9.07. The Hall–Kier alpha value is -2.30. The van der Waals surface area contributed by atoms with Crippen LogP contribution in [-0.4, -0.2) is 21.0 Å². The van der Waals surface area contributed by atoms with Gasteiger partial charge in [-0.05, 0) is 43.4 Å². The fourth-order valence-corrected chi connectivity index (χ4v) is 2.59. The molecule has 0 saturated heterocycles. The molecule has 1 aliphatic carbocycles. The summed E-state index contributed by atoms with van der Waals surface area (Å²) >= 11 is 0. The molecular weight excluding hydrogens is 271 g/mol. The Morgan fingerprint density at radius 2 is 2.24 bits per heavy atom. The van der Waals surface area contributed by atoms with E-state index in [1.54, 1.807) is 25.3 Å². The number of carbonyl (C=O) groups is 1. The van der Waals surface area contributed by atoms with Crippen molar-refractivity contribution in [3.05, 3.63) is 47.0 Å². The summed E-state index contributed by atoms with van der Waals surface area (Å²) in [5.41, 5.74) is 2.98. The molecule has 1 unspecified atom stereocenters. The van der Waals surface area contributed by atoms with Gasteiger partial charge in [-0.3, -0.25) is 4.79 Å². The van der Waals surface area contributed by atoms with Crippen LogP contribution in [0.15, 0.2) is 24.4 Å². The molecule has 0 saturated carbocycles. The first kappa shape index (κ1) is 13.7. The second-order valence-corrected chi connectivity index (χ2v) is 5.41. The lowest BCUT2D eigenvalue weighted by Crippen LogP contribution is -2.23. The largest absolute Gasteiger partial charge is 0.481 e. The van der Waals surface area contributed by atoms with Crippen LogP contribution < -0.4 is 0 Å². The molecule has 1 aliphatic rings. The summed E-state index contributed by atoms with van der Waals surface area (Å²) < 4.78 is 13.6. The lowest BCUT2D eigenvalue weighted by atomic mass is 9.87. The monoisotopic (exact) mass is 286 g/mol. The van der Waals surface area contributed by atoms with Gasteiger partial charge >= 0.3 is 5.97 Å². The van der Waals surface area contributed by atoms with Gasteiger partial charge in [-0.2, -0.15) is 0 Å². The molecule has 0 amide bonds. The predicted molar refractivity (Wildman–Crippen MR) is 75.3 cm³/mol. The van der Waals surface area contributed by atoms with Crippen LogP contribution in [0.1, 0.15) is 23.2 Å². The lowest BCUT2D eigenvalue weighted by molar-refractivity contribution is -0.142. The van der Waals surface area contributed by atoms with E-state index in [9.17, 15) is 9.18 Å². The van der Waals surface area contributed by atoms with Gasteiger partial charge in [0.05, 0.1) is 5.92 Å². The first-order valence-corrected chi connectivity index (χ1v) is 6.88. The van der Waals surface area contributed by atoms with Gasteiger partial charge in [0.1, 0.15) is 5.82 Å². The van der Waals surface area contributed by atoms with E-state index in [1.807, 2.05) is 0 Å². The zero-order valence-corrected chi connectivity index (χ0v) is 11.6. The average Bonchev–Trinajstić information content (AvgIpc) is 2.49. The third-order valence-corrected chi connectivity index (χ3v) is 3.93. The Bertz CT molecular complexity index is 715. The van der Waals surface area contributed by atoms with Gasteiger partial charge in [-0.1, -0.05) is 12.1 Å². The molecule has 108 valence electrons. The molecule has 0 bridgehead atoms. The van der Waals surface area contributed by atoms with Gasteiger partial charge in [0.2, 0.25) is 0 Å². The second-order valence-electron chi connectivity index (χ2n) is 5.41. The topological polar surface area (TPSA) is 63.1 Å². The quantitative estimate of drug-likeness (QED) is 0.922. The van der Waals surface area contributed by atoms with Crippen LogP contribution in [0, 0.1) is 18.7 Å². The predicted octanol–water partition coefficient (Wildman–Crippen LogP) is 2.78. The highest BCUT2D eigenvalue weighted by atomic mass is 19.1. The average molecular weight is 286 g/mol. The summed E-state index contributed by atoms with van der Waals surface area (Å²) in [6.45, 7) is 1.71. The van der Waals surface area contributed by atoms with Crippen molar-refractivity contribution >= 4 is 5.97 Å². The number of carboxylic acid groups (broad SMARTS) is 1. The third kappa shape index (κ3) is 2.63. The standard InChI is InChI=1S/C16H15FN2O2/c1-9-2-3-10(7-13(9)17)15-18-8-12-6-11(16(20)21)4-5-14(12)19-15/h2-3,7-8,11H,4-6H2,1H3,(H,20,21). The minimum Gasteiger partial charge on any atom is -0.481 e. The number of benzene rings is 1. The van der Waals surface area contributed by atoms with Gasteiger partial charge in [-0.25, -0.2) is 14.4 Å². The molecule has 4 nitrogen and oxygen atoms in total. The van der Waals surface area contributed by atoms with Crippen molar-refractivity contribution in [2.75, 3.05) is 0 Å². The molecule has 2 aromatic rings. The van der Waals surface area contributed by atoms with Gasteiger partial charge in [-0.15, -0.1) is 0 Å². The Morgan fingerprint density at radius 3 is 2.95 bits per heavy atom.